The van der Waals surface area contributed by atoms with Crippen LogP contribution in [0.15, 0.2) is 59.7 Å². The topological polar surface area (TPSA) is 125 Å². The van der Waals surface area contributed by atoms with E-state index in [-0.39, 0.29) is 12.4 Å². The van der Waals surface area contributed by atoms with Crippen LogP contribution in [0, 0.1) is 6.92 Å². The molecule has 0 radical (unpaired) electrons. The van der Waals surface area contributed by atoms with Gasteiger partial charge < -0.3 is 27.0 Å². The molecule has 1 unspecified atom stereocenters. The van der Waals surface area contributed by atoms with Crippen molar-refractivity contribution in [3.8, 4) is 5.75 Å². The molecular weight excluding hydrogens is 390 g/mol. The number of nitrogen functional groups attached to an aromatic ring is 2. The Hall–Kier alpha value is -3.22. The van der Waals surface area contributed by atoms with E-state index in [2.05, 4.69) is 0 Å². The molecule has 0 spiro atoms. The van der Waals surface area contributed by atoms with Crippen LogP contribution in [0.1, 0.15) is 23.6 Å². The maximum atomic E-state index is 11.8. The van der Waals surface area contributed by atoms with Gasteiger partial charge in [-0.3, -0.25) is 0 Å². The van der Waals surface area contributed by atoms with E-state index < -0.39 is 11.5 Å². The van der Waals surface area contributed by atoms with E-state index >= 15 is 0 Å². The lowest BCUT2D eigenvalue weighted by atomic mass is 9.81. The number of allylic oxidation sites excluding steroid dienone is 3. The zero-order valence-corrected chi connectivity index (χ0v) is 16.8. The number of ether oxygens (including phenoxy) is 1. The second kappa shape index (κ2) is 6.99. The molecule has 150 valence electrons. The van der Waals surface area contributed by atoms with Gasteiger partial charge in [0, 0.05) is 22.5 Å². The van der Waals surface area contributed by atoms with Gasteiger partial charge in [0.25, 0.3) is 0 Å². The first-order valence-corrected chi connectivity index (χ1v) is 8.84. The molecule has 29 heavy (non-hydrogen) atoms. The van der Waals surface area contributed by atoms with Crippen molar-refractivity contribution in [2.24, 2.45) is 5.73 Å². The van der Waals surface area contributed by atoms with Crippen LogP contribution in [0.4, 0.5) is 11.4 Å². The standard InChI is InChI=1S/C22H21N3O3.ClH/c1-11-8-15-16(10-22(11,25)21(26)27)14-9-17(23)12(2)19(24)18(14)20(15)28-13-6-4-3-5-7-13;/h3-10H,23-25H2,1-2H3,(H,26,27);1H. The molecule has 0 aliphatic heterocycles. The molecule has 7 N–H and O–H groups in total. The highest BCUT2D eigenvalue weighted by Gasteiger charge is 2.42. The molecule has 0 heterocycles. The summed E-state index contributed by atoms with van der Waals surface area (Å²) in [6.45, 7) is 3.54. The van der Waals surface area contributed by atoms with E-state index in [1.54, 1.807) is 25.1 Å². The SMILES string of the molecule is CC1=CC2=C(Oc3ccccc3)c3c(cc(N)c(C)c3N)C2=CC1(N)C(=O)O.Cl. The van der Waals surface area contributed by atoms with Crippen molar-refractivity contribution in [1.82, 2.24) is 0 Å². The Labute approximate surface area is 174 Å². The van der Waals surface area contributed by atoms with Gasteiger partial charge in [0.1, 0.15) is 11.5 Å². The molecule has 4 rings (SSSR count). The molecule has 2 aromatic carbocycles. The molecule has 0 amide bonds. The number of anilines is 2. The van der Waals surface area contributed by atoms with Gasteiger partial charge in [0.2, 0.25) is 0 Å². The number of aliphatic carboxylic acids is 1. The van der Waals surface area contributed by atoms with Crippen LogP contribution in [0.5, 0.6) is 5.75 Å². The molecule has 0 bridgehead atoms. The number of carboxylic acids is 1. The first-order valence-electron chi connectivity index (χ1n) is 8.84. The molecule has 0 saturated carbocycles. The summed E-state index contributed by atoms with van der Waals surface area (Å²) in [4.78, 5) is 11.8. The van der Waals surface area contributed by atoms with E-state index in [1.165, 1.54) is 0 Å². The molecule has 7 heteroatoms. The maximum absolute atomic E-state index is 11.8. The van der Waals surface area contributed by atoms with E-state index in [1.807, 2.05) is 37.3 Å². The number of hydrogen-bond donors (Lipinski definition) is 4. The van der Waals surface area contributed by atoms with Gasteiger partial charge in [-0.25, -0.2) is 4.79 Å². The zero-order chi connectivity index (χ0) is 20.2. The highest BCUT2D eigenvalue weighted by atomic mass is 35.5. The van der Waals surface area contributed by atoms with Crippen LogP contribution in [0.3, 0.4) is 0 Å². The van der Waals surface area contributed by atoms with Gasteiger partial charge in [0.15, 0.2) is 5.54 Å². The van der Waals surface area contributed by atoms with Gasteiger partial charge >= 0.3 is 5.97 Å². The number of carbonyl (C=O) groups is 1. The number of halogens is 1. The highest BCUT2D eigenvalue weighted by molar-refractivity contribution is 6.08. The number of fused-ring (bicyclic) bond motifs is 3. The summed E-state index contributed by atoms with van der Waals surface area (Å²) in [7, 11) is 0. The van der Waals surface area contributed by atoms with Crippen molar-refractivity contribution < 1.29 is 14.6 Å². The normalized spacial score (nSPS) is 19.6. The van der Waals surface area contributed by atoms with Crippen LogP contribution in [-0.4, -0.2) is 16.6 Å². The first kappa shape index (κ1) is 20.5. The highest BCUT2D eigenvalue weighted by Crippen LogP contribution is 2.50. The van der Waals surface area contributed by atoms with Crippen molar-refractivity contribution in [3.63, 3.8) is 0 Å². The molecule has 0 fully saturated rings. The van der Waals surface area contributed by atoms with Gasteiger partial charge in [-0.2, -0.15) is 0 Å². The second-order valence-electron chi connectivity index (χ2n) is 7.14. The summed E-state index contributed by atoms with van der Waals surface area (Å²) in [5.74, 6) is 0.0969. The number of hydrogen-bond acceptors (Lipinski definition) is 5. The lowest BCUT2D eigenvalue weighted by molar-refractivity contribution is -0.140. The molecule has 2 aromatic rings. The third-order valence-electron chi connectivity index (χ3n) is 5.43. The van der Waals surface area contributed by atoms with Crippen molar-refractivity contribution in [1.29, 1.82) is 0 Å². The predicted molar refractivity (Wildman–Crippen MR) is 118 cm³/mol. The lowest BCUT2D eigenvalue weighted by Crippen LogP contribution is -2.48. The summed E-state index contributed by atoms with van der Waals surface area (Å²) in [5, 5.41) is 9.68. The van der Waals surface area contributed by atoms with Crippen LogP contribution in [-0.2, 0) is 4.79 Å². The number of nitrogens with two attached hydrogens (primary N) is 3. The van der Waals surface area contributed by atoms with Gasteiger partial charge in [-0.1, -0.05) is 18.2 Å². The number of benzene rings is 2. The fourth-order valence-electron chi connectivity index (χ4n) is 3.60. The number of para-hydroxylation sites is 1. The molecule has 2 aliphatic carbocycles. The summed E-state index contributed by atoms with van der Waals surface area (Å²) >= 11 is 0. The molecular formula is C22H22ClN3O3. The van der Waals surface area contributed by atoms with Crippen LogP contribution >= 0.6 is 12.4 Å². The Balaban J connectivity index is 0.00000240. The van der Waals surface area contributed by atoms with E-state index in [9.17, 15) is 9.90 Å². The Bertz CT molecular complexity index is 1120. The monoisotopic (exact) mass is 411 g/mol. The second-order valence-corrected chi connectivity index (χ2v) is 7.14. The van der Waals surface area contributed by atoms with Crippen molar-refractivity contribution in [3.05, 3.63) is 76.4 Å². The predicted octanol–water partition coefficient (Wildman–Crippen LogP) is 3.51. The Morgan fingerprint density at radius 2 is 1.79 bits per heavy atom. The molecule has 2 aliphatic rings. The summed E-state index contributed by atoms with van der Waals surface area (Å²) in [6, 6.07) is 11.1. The van der Waals surface area contributed by atoms with Gasteiger partial charge in [-0.05, 0) is 66.5 Å². The largest absolute Gasteiger partial charge is 0.479 e. The molecule has 0 aromatic heterocycles. The molecule has 0 saturated heterocycles. The Morgan fingerprint density at radius 3 is 2.41 bits per heavy atom. The molecule has 6 nitrogen and oxygen atoms in total. The third kappa shape index (κ3) is 2.97. The minimum absolute atomic E-state index is 0. The first-order chi connectivity index (χ1) is 13.2. The zero-order valence-electron chi connectivity index (χ0n) is 16.0. The summed E-state index contributed by atoms with van der Waals surface area (Å²) in [5.41, 5.74) is 22.3. The van der Waals surface area contributed by atoms with Crippen LogP contribution < -0.4 is 21.9 Å². The Kier molecular flexibility index (Phi) is 4.94. The van der Waals surface area contributed by atoms with E-state index in [0.717, 1.165) is 16.7 Å². The fourth-order valence-corrected chi connectivity index (χ4v) is 3.60. The average Bonchev–Trinajstić information content (AvgIpc) is 2.93. The van der Waals surface area contributed by atoms with Gasteiger partial charge in [-0.15, -0.1) is 12.4 Å². The maximum Gasteiger partial charge on any atom is 0.332 e. The smallest absolute Gasteiger partial charge is 0.332 e. The average molecular weight is 412 g/mol. The lowest BCUT2D eigenvalue weighted by Gasteiger charge is -2.27. The quantitative estimate of drug-likeness (QED) is 0.573. The summed E-state index contributed by atoms with van der Waals surface area (Å²) < 4.78 is 6.21. The van der Waals surface area contributed by atoms with Crippen LogP contribution in [0.2, 0.25) is 0 Å². The van der Waals surface area contributed by atoms with Crippen molar-refractivity contribution >= 4 is 41.1 Å². The van der Waals surface area contributed by atoms with Crippen LogP contribution in [0.25, 0.3) is 11.3 Å². The number of rotatable bonds is 3. The Morgan fingerprint density at radius 1 is 1.14 bits per heavy atom. The van der Waals surface area contributed by atoms with E-state index in [4.69, 9.17) is 21.9 Å². The summed E-state index contributed by atoms with van der Waals surface area (Å²) in [6.07, 6.45) is 3.31. The van der Waals surface area contributed by atoms with Crippen molar-refractivity contribution in [2.45, 2.75) is 19.4 Å². The third-order valence-corrected chi connectivity index (χ3v) is 5.43. The minimum atomic E-state index is -1.60. The number of carboxylic acid groups (broad SMARTS) is 1. The fraction of sp³-hybridized carbons (Fsp3) is 0.136. The van der Waals surface area contributed by atoms with E-state index in [0.29, 0.717) is 39.6 Å². The van der Waals surface area contributed by atoms with Gasteiger partial charge in [0.05, 0.1) is 0 Å². The minimum Gasteiger partial charge on any atom is -0.479 e. The van der Waals surface area contributed by atoms with Crippen molar-refractivity contribution in [2.75, 3.05) is 11.5 Å². The molecule has 1 atom stereocenters.